The molecule has 8 heteroatoms. The molecule has 2 aromatic rings. The number of aromatic nitrogens is 2. The number of nitriles is 1. The zero-order valence-corrected chi connectivity index (χ0v) is 14.8. The summed E-state index contributed by atoms with van der Waals surface area (Å²) in [6.45, 7) is 3.20. The Kier molecular flexibility index (Phi) is 4.45. The van der Waals surface area contributed by atoms with E-state index in [1.807, 2.05) is 18.2 Å². The fraction of sp³-hybridized carbons (Fsp3) is 0.333. The van der Waals surface area contributed by atoms with Gasteiger partial charge in [-0.1, -0.05) is 23.7 Å². The highest BCUT2D eigenvalue weighted by Gasteiger charge is 2.39. The minimum atomic E-state index is -0.300. The van der Waals surface area contributed by atoms with Gasteiger partial charge in [-0.15, -0.1) is 0 Å². The molecule has 2 aliphatic heterocycles. The van der Waals surface area contributed by atoms with E-state index >= 15 is 0 Å². The lowest BCUT2D eigenvalue weighted by Gasteiger charge is -2.44. The number of halogens is 1. The molecule has 0 saturated carbocycles. The number of carbonyl (C=O) groups excluding carboxylic acids is 1. The standard InChI is InChI=1S/C18H17ClN6O/c19-14-3-1-13(2-4-14)15-9-17(22-12-21-15)25-8-7-24-6-5-23(11-20)10-16(24)18(25)26/h1-4,9,12,16H,5-8,10H2/t16-/m1/s1. The van der Waals surface area contributed by atoms with Crippen LogP contribution in [0.5, 0.6) is 0 Å². The van der Waals surface area contributed by atoms with E-state index in [9.17, 15) is 4.79 Å². The van der Waals surface area contributed by atoms with E-state index in [-0.39, 0.29) is 11.9 Å². The molecule has 3 heterocycles. The number of amides is 1. The SMILES string of the molecule is N#CN1CCN2CCN(c3cc(-c4ccc(Cl)cc4)ncn3)C(=O)[C@H]2C1. The Morgan fingerprint density at radius 1 is 1.12 bits per heavy atom. The zero-order valence-electron chi connectivity index (χ0n) is 14.0. The summed E-state index contributed by atoms with van der Waals surface area (Å²) in [7, 11) is 0. The smallest absolute Gasteiger partial charge is 0.247 e. The van der Waals surface area contributed by atoms with Crippen molar-refractivity contribution >= 4 is 23.3 Å². The van der Waals surface area contributed by atoms with Gasteiger partial charge in [0.25, 0.3) is 0 Å². The molecule has 0 radical (unpaired) electrons. The number of nitrogens with zero attached hydrogens (tertiary/aromatic N) is 6. The number of anilines is 1. The molecule has 0 bridgehead atoms. The lowest BCUT2D eigenvalue weighted by Crippen LogP contribution is -2.64. The fourth-order valence-corrected chi connectivity index (χ4v) is 3.56. The lowest BCUT2D eigenvalue weighted by molar-refractivity contribution is -0.127. The summed E-state index contributed by atoms with van der Waals surface area (Å²) in [5, 5.41) is 9.80. The van der Waals surface area contributed by atoms with Gasteiger partial charge >= 0.3 is 0 Å². The molecular weight excluding hydrogens is 352 g/mol. The third kappa shape index (κ3) is 3.09. The molecule has 1 atom stereocenters. The quantitative estimate of drug-likeness (QED) is 0.749. The number of rotatable bonds is 2. The van der Waals surface area contributed by atoms with Gasteiger partial charge in [0.05, 0.1) is 12.2 Å². The van der Waals surface area contributed by atoms with E-state index in [1.165, 1.54) is 6.33 Å². The van der Waals surface area contributed by atoms with Gasteiger partial charge in [-0.2, -0.15) is 5.26 Å². The molecule has 0 N–H and O–H groups in total. The van der Waals surface area contributed by atoms with E-state index in [1.54, 1.807) is 21.9 Å². The van der Waals surface area contributed by atoms with Crippen molar-refractivity contribution in [3.63, 3.8) is 0 Å². The van der Waals surface area contributed by atoms with Crippen molar-refractivity contribution < 1.29 is 4.79 Å². The Bertz CT molecular complexity index is 865. The van der Waals surface area contributed by atoms with Crippen LogP contribution in [0.15, 0.2) is 36.7 Å². The van der Waals surface area contributed by atoms with Gasteiger partial charge in [0.2, 0.25) is 5.91 Å². The van der Waals surface area contributed by atoms with Crippen LogP contribution in [0.1, 0.15) is 0 Å². The van der Waals surface area contributed by atoms with Crippen LogP contribution in [0.3, 0.4) is 0 Å². The number of fused-ring (bicyclic) bond motifs is 1. The highest BCUT2D eigenvalue weighted by Crippen LogP contribution is 2.25. The maximum absolute atomic E-state index is 13.0. The van der Waals surface area contributed by atoms with Crippen LogP contribution >= 0.6 is 11.6 Å². The van der Waals surface area contributed by atoms with Gasteiger partial charge in [-0.05, 0) is 12.1 Å². The average molecular weight is 369 g/mol. The molecule has 2 fully saturated rings. The number of piperazine rings is 2. The van der Waals surface area contributed by atoms with Crippen molar-refractivity contribution in [2.45, 2.75) is 6.04 Å². The molecule has 0 aliphatic carbocycles. The van der Waals surface area contributed by atoms with E-state index < -0.39 is 0 Å². The van der Waals surface area contributed by atoms with E-state index in [2.05, 4.69) is 21.1 Å². The van der Waals surface area contributed by atoms with Gasteiger partial charge in [-0.3, -0.25) is 14.6 Å². The van der Waals surface area contributed by atoms with E-state index in [0.29, 0.717) is 30.5 Å². The molecule has 1 aromatic carbocycles. The first-order valence-corrected chi connectivity index (χ1v) is 8.81. The summed E-state index contributed by atoms with van der Waals surface area (Å²) in [4.78, 5) is 27.1. The van der Waals surface area contributed by atoms with Crippen molar-refractivity contribution in [1.82, 2.24) is 19.8 Å². The van der Waals surface area contributed by atoms with Gasteiger partial charge in [0.1, 0.15) is 18.2 Å². The van der Waals surface area contributed by atoms with Crippen molar-refractivity contribution in [2.24, 2.45) is 0 Å². The minimum Gasteiger partial charge on any atom is -0.307 e. The summed E-state index contributed by atoms with van der Waals surface area (Å²) in [5.74, 6) is 0.570. The molecular formula is C18H17ClN6O. The molecule has 0 spiro atoms. The van der Waals surface area contributed by atoms with Crippen LogP contribution in [0.2, 0.25) is 5.02 Å². The number of benzene rings is 1. The number of carbonyl (C=O) groups is 1. The molecule has 1 amide bonds. The van der Waals surface area contributed by atoms with Crippen molar-refractivity contribution in [3.8, 4) is 17.5 Å². The molecule has 7 nitrogen and oxygen atoms in total. The third-order valence-electron chi connectivity index (χ3n) is 4.86. The van der Waals surface area contributed by atoms with Crippen LogP contribution in [0.4, 0.5) is 5.82 Å². The normalized spacial score (nSPS) is 20.6. The first-order chi connectivity index (χ1) is 12.7. The molecule has 1 aromatic heterocycles. The second-order valence-electron chi connectivity index (χ2n) is 6.36. The molecule has 4 rings (SSSR count). The Labute approximate surface area is 156 Å². The van der Waals surface area contributed by atoms with Gasteiger partial charge in [0, 0.05) is 42.8 Å². The highest BCUT2D eigenvalue weighted by molar-refractivity contribution is 6.30. The Morgan fingerprint density at radius 2 is 1.88 bits per heavy atom. The predicted octanol–water partition coefficient (Wildman–Crippen LogP) is 1.61. The Morgan fingerprint density at radius 3 is 2.65 bits per heavy atom. The van der Waals surface area contributed by atoms with Crippen LogP contribution in [-0.2, 0) is 4.79 Å². The first kappa shape index (κ1) is 16.8. The van der Waals surface area contributed by atoms with Crippen molar-refractivity contribution in [3.05, 3.63) is 41.7 Å². The summed E-state index contributed by atoms with van der Waals surface area (Å²) in [6, 6.07) is 8.91. The average Bonchev–Trinajstić information content (AvgIpc) is 2.69. The zero-order chi connectivity index (χ0) is 18.1. The predicted molar refractivity (Wildman–Crippen MR) is 97.4 cm³/mol. The Hall–Kier alpha value is -2.69. The summed E-state index contributed by atoms with van der Waals surface area (Å²) >= 11 is 5.94. The van der Waals surface area contributed by atoms with Crippen LogP contribution < -0.4 is 4.90 Å². The van der Waals surface area contributed by atoms with Crippen molar-refractivity contribution in [1.29, 1.82) is 5.26 Å². The molecule has 132 valence electrons. The maximum Gasteiger partial charge on any atom is 0.247 e. The maximum atomic E-state index is 13.0. The molecule has 2 aliphatic rings. The third-order valence-corrected chi connectivity index (χ3v) is 5.12. The van der Waals surface area contributed by atoms with E-state index in [4.69, 9.17) is 16.9 Å². The number of hydrogen-bond acceptors (Lipinski definition) is 6. The van der Waals surface area contributed by atoms with Crippen molar-refractivity contribution in [2.75, 3.05) is 37.6 Å². The molecule has 2 saturated heterocycles. The summed E-state index contributed by atoms with van der Waals surface area (Å²) < 4.78 is 0. The van der Waals surface area contributed by atoms with Crippen LogP contribution in [0.25, 0.3) is 11.3 Å². The lowest BCUT2D eigenvalue weighted by atomic mass is 10.1. The largest absolute Gasteiger partial charge is 0.307 e. The monoisotopic (exact) mass is 368 g/mol. The topological polar surface area (TPSA) is 76.4 Å². The first-order valence-electron chi connectivity index (χ1n) is 8.44. The second-order valence-corrected chi connectivity index (χ2v) is 6.79. The van der Waals surface area contributed by atoms with Crippen LogP contribution in [0, 0.1) is 11.5 Å². The van der Waals surface area contributed by atoms with Crippen LogP contribution in [-0.4, -0.2) is 64.4 Å². The van der Waals surface area contributed by atoms with Gasteiger partial charge < -0.3 is 4.90 Å². The second kappa shape index (κ2) is 6.90. The number of hydrogen-bond donors (Lipinski definition) is 0. The summed E-state index contributed by atoms with van der Waals surface area (Å²) in [5.41, 5.74) is 1.65. The fourth-order valence-electron chi connectivity index (χ4n) is 3.43. The Balaban J connectivity index is 1.59. The van der Waals surface area contributed by atoms with Gasteiger partial charge in [-0.25, -0.2) is 9.97 Å². The van der Waals surface area contributed by atoms with E-state index in [0.717, 1.165) is 24.3 Å². The highest BCUT2D eigenvalue weighted by atomic mass is 35.5. The van der Waals surface area contributed by atoms with Gasteiger partial charge in [0.15, 0.2) is 6.19 Å². The summed E-state index contributed by atoms with van der Waals surface area (Å²) in [6.07, 6.45) is 3.62. The minimum absolute atomic E-state index is 0.0167. The molecule has 26 heavy (non-hydrogen) atoms. The molecule has 0 unspecified atom stereocenters.